The van der Waals surface area contributed by atoms with Crippen LogP contribution in [0.4, 0.5) is 19.0 Å². The minimum atomic E-state index is -1.69. The maximum Gasteiger partial charge on any atom is 0.364 e. The molecule has 2 aromatic heterocycles. The molecule has 3 aromatic rings. The van der Waals surface area contributed by atoms with Crippen LogP contribution in [0.5, 0.6) is 0 Å². The van der Waals surface area contributed by atoms with Crippen LogP contribution in [0.3, 0.4) is 0 Å². The summed E-state index contributed by atoms with van der Waals surface area (Å²) in [6.45, 7) is 2.88. The lowest BCUT2D eigenvalue weighted by atomic mass is 9.96. The monoisotopic (exact) mass is 625 g/mol. The number of esters is 3. The third kappa shape index (κ3) is 7.44. The Hall–Kier alpha value is -4.58. The molecule has 1 fully saturated rings. The van der Waals surface area contributed by atoms with Gasteiger partial charge in [0.2, 0.25) is 0 Å². The van der Waals surface area contributed by atoms with E-state index in [1.54, 1.807) is 0 Å². The molecule has 1 aromatic carbocycles. The summed E-state index contributed by atoms with van der Waals surface area (Å²) in [5.74, 6) is -7.41. The van der Waals surface area contributed by atoms with Crippen LogP contribution in [0.15, 0.2) is 41.6 Å². The fourth-order valence-electron chi connectivity index (χ4n) is 4.24. The Balaban J connectivity index is 1.82. The molecule has 0 N–H and O–H groups in total. The summed E-state index contributed by atoms with van der Waals surface area (Å²) >= 11 is 0.885. The number of thioether (sulfide) groups is 1. The van der Waals surface area contributed by atoms with Crippen LogP contribution < -0.4 is 0 Å². The number of pyridine rings is 1. The van der Waals surface area contributed by atoms with Crippen molar-refractivity contribution in [2.45, 2.75) is 55.5 Å². The van der Waals surface area contributed by atoms with Gasteiger partial charge in [0.05, 0.1) is 6.20 Å². The van der Waals surface area contributed by atoms with Gasteiger partial charge in [-0.25, -0.2) is 17.9 Å². The summed E-state index contributed by atoms with van der Waals surface area (Å²) < 4.78 is 64.9. The number of nitro groups is 1. The molecule has 1 aliphatic heterocycles. The molecule has 1 aliphatic rings. The first kappa shape index (κ1) is 31.4. The Bertz CT molecular complexity index is 1540. The normalized spacial score (nSPS) is 21.6. The predicted octanol–water partition coefficient (Wildman–Crippen LogP) is 3.15. The first-order chi connectivity index (χ1) is 20.3. The van der Waals surface area contributed by atoms with Crippen molar-refractivity contribution < 1.29 is 51.4 Å². The number of hydrogen-bond acceptors (Lipinski definition) is 13. The zero-order chi connectivity index (χ0) is 31.4. The Morgan fingerprint density at radius 2 is 1.70 bits per heavy atom. The van der Waals surface area contributed by atoms with E-state index in [1.165, 1.54) is 18.5 Å². The molecule has 0 aliphatic carbocycles. The van der Waals surface area contributed by atoms with Crippen molar-refractivity contribution in [1.29, 1.82) is 0 Å². The molecular formula is C25H22F3N5O9S. The molecule has 0 bridgehead atoms. The molecule has 5 atom stereocenters. The summed E-state index contributed by atoms with van der Waals surface area (Å²) in [6, 6.07) is 2.72. The highest BCUT2D eigenvalue weighted by Gasteiger charge is 2.52. The van der Waals surface area contributed by atoms with E-state index in [0.29, 0.717) is 12.1 Å². The Morgan fingerprint density at radius 3 is 2.30 bits per heavy atom. The van der Waals surface area contributed by atoms with Gasteiger partial charge in [0, 0.05) is 37.3 Å². The number of rotatable bonds is 9. The molecule has 0 unspecified atom stereocenters. The van der Waals surface area contributed by atoms with Crippen molar-refractivity contribution in [3.63, 3.8) is 0 Å². The lowest BCUT2D eigenvalue weighted by Gasteiger charge is -2.44. The minimum absolute atomic E-state index is 0.127. The highest BCUT2D eigenvalue weighted by molar-refractivity contribution is 7.99. The van der Waals surface area contributed by atoms with Crippen LogP contribution in [0.25, 0.3) is 11.3 Å². The van der Waals surface area contributed by atoms with Crippen molar-refractivity contribution in [2.75, 3.05) is 6.61 Å². The maximum atomic E-state index is 13.9. The van der Waals surface area contributed by atoms with Crippen molar-refractivity contribution in [2.24, 2.45) is 0 Å². The smallest absolute Gasteiger partial charge is 0.364 e. The number of nitrogens with zero attached hydrogens (tertiary/aromatic N) is 5. The third-order valence-corrected chi connectivity index (χ3v) is 7.06. The second kappa shape index (κ2) is 13.2. The zero-order valence-corrected chi connectivity index (χ0v) is 23.3. The van der Waals surface area contributed by atoms with Crippen molar-refractivity contribution >= 4 is 35.5 Å². The van der Waals surface area contributed by atoms with E-state index in [9.17, 15) is 37.7 Å². The molecule has 0 spiro atoms. The average Bonchev–Trinajstić information content (AvgIpc) is 3.41. The molecule has 43 heavy (non-hydrogen) atoms. The molecular weight excluding hydrogens is 603 g/mol. The van der Waals surface area contributed by atoms with Gasteiger partial charge >= 0.3 is 23.7 Å². The minimum Gasteiger partial charge on any atom is -0.463 e. The van der Waals surface area contributed by atoms with Gasteiger partial charge in [-0.15, -0.1) is 5.10 Å². The van der Waals surface area contributed by atoms with Gasteiger partial charge in [0.25, 0.3) is 0 Å². The zero-order valence-electron chi connectivity index (χ0n) is 22.5. The number of hydrogen-bond donors (Lipinski definition) is 0. The second-order valence-corrected chi connectivity index (χ2v) is 10.2. The fraction of sp³-hybridized carbons (Fsp3) is 0.360. The number of ether oxygens (including phenoxy) is 4. The SMILES string of the molecule is CC(=O)OC[C@H]1O[C@H](Sc2ccnc([N+](=O)[O-])c2)[C@H](OC(C)=O)[C@@H](n2cc(-c3cc(F)c(F)c(F)c3)nn2)[C@H]1OC(C)=O. The summed E-state index contributed by atoms with van der Waals surface area (Å²) in [5.41, 5.74) is -1.50. The molecule has 4 rings (SSSR count). The average molecular weight is 626 g/mol. The third-order valence-electron chi connectivity index (χ3n) is 5.92. The summed E-state index contributed by atoms with van der Waals surface area (Å²) in [4.78, 5) is 50.6. The molecule has 3 heterocycles. The van der Waals surface area contributed by atoms with Crippen LogP contribution in [-0.2, 0) is 33.3 Å². The van der Waals surface area contributed by atoms with Gasteiger partial charge in [-0.1, -0.05) is 17.0 Å². The van der Waals surface area contributed by atoms with Gasteiger partial charge in [-0.05, 0) is 28.1 Å². The molecule has 0 radical (unpaired) electrons. The van der Waals surface area contributed by atoms with Crippen LogP contribution in [0.1, 0.15) is 26.8 Å². The molecule has 18 heteroatoms. The summed E-state index contributed by atoms with van der Waals surface area (Å²) in [7, 11) is 0. The van der Waals surface area contributed by atoms with E-state index < -0.39 is 82.5 Å². The quantitative estimate of drug-likeness (QED) is 0.112. The highest BCUT2D eigenvalue weighted by atomic mass is 32.2. The Kier molecular flexibility index (Phi) is 9.59. The lowest BCUT2D eigenvalue weighted by molar-refractivity contribution is -0.389. The van der Waals surface area contributed by atoms with Gasteiger partial charge < -0.3 is 29.1 Å². The topological polar surface area (TPSA) is 175 Å². The second-order valence-electron chi connectivity index (χ2n) is 9.05. The number of carbonyl (C=O) groups is 3. The number of benzene rings is 1. The predicted molar refractivity (Wildman–Crippen MR) is 138 cm³/mol. The van der Waals surface area contributed by atoms with E-state index >= 15 is 0 Å². The van der Waals surface area contributed by atoms with Crippen molar-refractivity contribution in [3.05, 3.63) is 64.2 Å². The Labute approximate surface area is 244 Å². The van der Waals surface area contributed by atoms with Crippen LogP contribution in [0.2, 0.25) is 0 Å². The van der Waals surface area contributed by atoms with E-state index in [2.05, 4.69) is 15.3 Å². The number of carbonyl (C=O) groups excluding carboxylic acids is 3. The molecule has 0 saturated carbocycles. The van der Waals surface area contributed by atoms with Crippen molar-refractivity contribution in [1.82, 2.24) is 20.0 Å². The molecule has 1 saturated heterocycles. The van der Waals surface area contributed by atoms with Gasteiger partial charge in [0.15, 0.2) is 29.7 Å². The summed E-state index contributed by atoms with van der Waals surface area (Å²) in [5, 5.41) is 19.2. The molecule has 0 amide bonds. The largest absolute Gasteiger partial charge is 0.463 e. The van der Waals surface area contributed by atoms with E-state index in [1.807, 2.05) is 0 Å². The fourth-order valence-corrected chi connectivity index (χ4v) is 5.37. The van der Waals surface area contributed by atoms with E-state index in [4.69, 9.17) is 18.9 Å². The van der Waals surface area contributed by atoms with Gasteiger partial charge in [0.1, 0.15) is 36.1 Å². The standard InChI is InChI=1S/C25H22F3N5O9S/c1-11(34)39-10-19-23(40-12(2)35)22(32-9-18(30-31-32)14-6-16(26)21(28)17(27)7-14)24(41-13(3)36)25(42-19)43-15-4-5-29-20(8-15)33(37)38/h4-9,19,22-25H,10H2,1-3H3/t19-,22+,23+,24-,25-/m1/s1. The first-order valence-corrected chi connectivity index (χ1v) is 13.2. The van der Waals surface area contributed by atoms with Crippen LogP contribution in [0, 0.1) is 27.6 Å². The molecule has 228 valence electrons. The van der Waals surface area contributed by atoms with Gasteiger partial charge in [-0.2, -0.15) is 0 Å². The van der Waals surface area contributed by atoms with Crippen molar-refractivity contribution in [3.8, 4) is 11.3 Å². The van der Waals surface area contributed by atoms with E-state index in [0.717, 1.165) is 43.3 Å². The van der Waals surface area contributed by atoms with Crippen LogP contribution >= 0.6 is 11.8 Å². The number of aromatic nitrogens is 4. The number of halogens is 3. The highest BCUT2D eigenvalue weighted by Crippen LogP contribution is 2.42. The van der Waals surface area contributed by atoms with Crippen LogP contribution in [-0.4, -0.2) is 73.2 Å². The first-order valence-electron chi connectivity index (χ1n) is 12.3. The summed E-state index contributed by atoms with van der Waals surface area (Å²) in [6.07, 6.45) is -1.52. The Morgan fingerprint density at radius 1 is 1.05 bits per heavy atom. The van der Waals surface area contributed by atoms with Gasteiger partial charge in [-0.3, -0.25) is 14.4 Å². The molecule has 14 nitrogen and oxygen atoms in total. The van der Waals surface area contributed by atoms with E-state index in [-0.39, 0.29) is 16.2 Å². The lowest BCUT2D eigenvalue weighted by Crippen LogP contribution is -2.57. The maximum absolute atomic E-state index is 13.9.